The molecule has 20 heavy (non-hydrogen) atoms. The van der Waals surface area contributed by atoms with E-state index in [9.17, 15) is 4.39 Å². The molecule has 1 aromatic rings. The summed E-state index contributed by atoms with van der Waals surface area (Å²) in [7, 11) is 3.71. The van der Waals surface area contributed by atoms with Crippen LogP contribution in [0.1, 0.15) is 49.8 Å². The van der Waals surface area contributed by atoms with Crippen molar-refractivity contribution in [3.63, 3.8) is 0 Å². The summed E-state index contributed by atoms with van der Waals surface area (Å²) in [6, 6.07) is 5.55. The zero-order chi connectivity index (χ0) is 14.8. The van der Waals surface area contributed by atoms with Crippen molar-refractivity contribution in [3.05, 3.63) is 35.1 Å². The van der Waals surface area contributed by atoms with Crippen LogP contribution in [0.3, 0.4) is 0 Å². The summed E-state index contributed by atoms with van der Waals surface area (Å²) in [4.78, 5) is 0. The van der Waals surface area contributed by atoms with E-state index in [1.807, 2.05) is 19.2 Å². The van der Waals surface area contributed by atoms with Crippen LogP contribution in [0.2, 0.25) is 0 Å². The van der Waals surface area contributed by atoms with Crippen molar-refractivity contribution in [1.29, 1.82) is 0 Å². The van der Waals surface area contributed by atoms with Crippen molar-refractivity contribution >= 4 is 0 Å². The molecule has 1 unspecified atom stereocenters. The topological polar surface area (TPSA) is 21.3 Å². The number of halogens is 1. The largest absolute Gasteiger partial charge is 0.376 e. The third-order valence-electron chi connectivity index (χ3n) is 4.87. The van der Waals surface area contributed by atoms with Gasteiger partial charge in [-0.25, -0.2) is 4.39 Å². The Morgan fingerprint density at radius 2 is 2.00 bits per heavy atom. The summed E-state index contributed by atoms with van der Waals surface area (Å²) in [6.45, 7) is 4.08. The highest BCUT2D eigenvalue weighted by Crippen LogP contribution is 2.42. The molecule has 2 rings (SSSR count). The second kappa shape index (κ2) is 6.23. The number of hydrogen-bond acceptors (Lipinski definition) is 2. The molecule has 1 aliphatic rings. The van der Waals surface area contributed by atoms with Crippen molar-refractivity contribution < 1.29 is 9.13 Å². The lowest BCUT2D eigenvalue weighted by Gasteiger charge is -2.44. The summed E-state index contributed by atoms with van der Waals surface area (Å²) in [5, 5.41) is 3.35. The predicted molar refractivity (Wildman–Crippen MR) is 80.3 cm³/mol. The van der Waals surface area contributed by atoms with Crippen molar-refractivity contribution in [2.24, 2.45) is 5.92 Å². The first-order valence-electron chi connectivity index (χ1n) is 7.51. The highest BCUT2D eigenvalue weighted by Gasteiger charge is 2.41. The van der Waals surface area contributed by atoms with E-state index in [-0.39, 0.29) is 17.5 Å². The van der Waals surface area contributed by atoms with E-state index < -0.39 is 0 Å². The number of methoxy groups -OCH3 is 1. The molecular formula is C17H26FNO. The zero-order valence-corrected chi connectivity index (χ0v) is 13.0. The Morgan fingerprint density at radius 3 is 2.50 bits per heavy atom. The lowest BCUT2D eigenvalue weighted by Crippen LogP contribution is -2.47. The first-order valence-corrected chi connectivity index (χ1v) is 7.51. The summed E-state index contributed by atoms with van der Waals surface area (Å²) < 4.78 is 19.8. The number of likely N-dealkylation sites (N-methyl/N-ethyl adjacent to an activating group) is 1. The SMILES string of the molecule is CNC(c1ccc(C)c(F)c1)C1(OC)CCC(C)CC1. The molecule has 1 fully saturated rings. The standard InChI is InChI=1S/C17H26FNO/c1-12-7-9-17(20-4,10-8-12)16(19-3)14-6-5-13(2)15(18)11-14/h5-6,11-12,16,19H,7-10H2,1-4H3. The van der Waals surface area contributed by atoms with Crippen LogP contribution in [-0.2, 0) is 4.74 Å². The fourth-order valence-electron chi connectivity index (χ4n) is 3.38. The Kier molecular flexibility index (Phi) is 4.82. The molecule has 0 aliphatic heterocycles. The quantitative estimate of drug-likeness (QED) is 0.900. The number of aryl methyl sites for hydroxylation is 1. The van der Waals surface area contributed by atoms with E-state index in [0.717, 1.165) is 24.3 Å². The fraction of sp³-hybridized carbons (Fsp3) is 0.647. The van der Waals surface area contributed by atoms with Crippen molar-refractivity contribution in [2.45, 2.75) is 51.2 Å². The number of rotatable bonds is 4. The first-order chi connectivity index (χ1) is 9.52. The van der Waals surface area contributed by atoms with Gasteiger partial charge in [0.05, 0.1) is 11.6 Å². The Hall–Kier alpha value is -0.930. The van der Waals surface area contributed by atoms with Crippen molar-refractivity contribution in [1.82, 2.24) is 5.32 Å². The monoisotopic (exact) mass is 279 g/mol. The molecule has 1 aromatic carbocycles. The molecule has 0 aromatic heterocycles. The average molecular weight is 279 g/mol. The minimum atomic E-state index is -0.219. The second-order valence-electron chi connectivity index (χ2n) is 6.18. The molecule has 0 spiro atoms. The van der Waals surface area contributed by atoms with Gasteiger partial charge in [-0.2, -0.15) is 0 Å². The summed E-state index contributed by atoms with van der Waals surface area (Å²) >= 11 is 0. The molecular weight excluding hydrogens is 253 g/mol. The van der Waals surface area contributed by atoms with Crippen LogP contribution in [0.5, 0.6) is 0 Å². The van der Waals surface area contributed by atoms with Crippen LogP contribution in [0.4, 0.5) is 4.39 Å². The van der Waals surface area contributed by atoms with E-state index in [1.54, 1.807) is 20.1 Å². The number of nitrogens with one attached hydrogen (secondary N) is 1. The second-order valence-corrected chi connectivity index (χ2v) is 6.18. The van der Waals surface area contributed by atoms with E-state index in [0.29, 0.717) is 5.56 Å². The van der Waals surface area contributed by atoms with Gasteiger partial charge in [-0.3, -0.25) is 0 Å². The Labute approximate surface area is 121 Å². The molecule has 1 aliphatic carbocycles. The minimum Gasteiger partial charge on any atom is -0.376 e. The number of ether oxygens (including phenoxy) is 1. The molecule has 0 radical (unpaired) electrons. The molecule has 3 heteroatoms. The van der Waals surface area contributed by atoms with Crippen LogP contribution >= 0.6 is 0 Å². The van der Waals surface area contributed by atoms with Gasteiger partial charge in [-0.05, 0) is 62.8 Å². The van der Waals surface area contributed by atoms with Crippen LogP contribution in [0, 0.1) is 18.7 Å². The highest BCUT2D eigenvalue weighted by molar-refractivity contribution is 5.28. The maximum Gasteiger partial charge on any atom is 0.126 e. The molecule has 0 saturated heterocycles. The average Bonchev–Trinajstić information content (AvgIpc) is 2.46. The van der Waals surface area contributed by atoms with Gasteiger partial charge in [0.2, 0.25) is 0 Å². The van der Waals surface area contributed by atoms with Gasteiger partial charge in [-0.15, -0.1) is 0 Å². The van der Waals surface area contributed by atoms with Crippen LogP contribution < -0.4 is 5.32 Å². The summed E-state index contributed by atoms with van der Waals surface area (Å²) in [5.41, 5.74) is 1.45. The molecule has 2 nitrogen and oxygen atoms in total. The Balaban J connectivity index is 2.31. The molecule has 1 saturated carbocycles. The van der Waals surface area contributed by atoms with E-state index in [1.165, 1.54) is 12.8 Å². The van der Waals surface area contributed by atoms with Gasteiger partial charge in [0.25, 0.3) is 0 Å². The fourth-order valence-corrected chi connectivity index (χ4v) is 3.38. The maximum atomic E-state index is 13.9. The summed E-state index contributed by atoms with van der Waals surface area (Å²) in [6.07, 6.45) is 4.37. The van der Waals surface area contributed by atoms with Crippen molar-refractivity contribution in [3.8, 4) is 0 Å². The molecule has 0 bridgehead atoms. The van der Waals surface area contributed by atoms with E-state index in [2.05, 4.69) is 12.2 Å². The number of benzene rings is 1. The summed E-state index contributed by atoms with van der Waals surface area (Å²) in [5.74, 6) is 0.615. The normalized spacial score (nSPS) is 28.4. The third-order valence-corrected chi connectivity index (χ3v) is 4.87. The van der Waals surface area contributed by atoms with Gasteiger partial charge in [-0.1, -0.05) is 19.1 Å². The van der Waals surface area contributed by atoms with E-state index >= 15 is 0 Å². The lowest BCUT2D eigenvalue weighted by atomic mass is 9.73. The highest BCUT2D eigenvalue weighted by atomic mass is 19.1. The molecule has 0 heterocycles. The lowest BCUT2D eigenvalue weighted by molar-refractivity contribution is -0.0745. The predicted octanol–water partition coefficient (Wildman–Crippen LogP) is 3.99. The zero-order valence-electron chi connectivity index (χ0n) is 13.0. The Bertz CT molecular complexity index is 452. The van der Waals surface area contributed by atoms with Crippen LogP contribution in [0.15, 0.2) is 18.2 Å². The third kappa shape index (κ3) is 2.89. The first kappa shape index (κ1) is 15.5. The van der Waals surface area contributed by atoms with E-state index in [4.69, 9.17) is 4.74 Å². The number of hydrogen-bond donors (Lipinski definition) is 1. The van der Waals surface area contributed by atoms with Gasteiger partial charge in [0, 0.05) is 7.11 Å². The van der Waals surface area contributed by atoms with Crippen LogP contribution in [0.25, 0.3) is 0 Å². The van der Waals surface area contributed by atoms with Crippen molar-refractivity contribution in [2.75, 3.05) is 14.2 Å². The van der Waals surface area contributed by atoms with Crippen LogP contribution in [-0.4, -0.2) is 19.8 Å². The molecule has 1 N–H and O–H groups in total. The van der Waals surface area contributed by atoms with Gasteiger partial charge >= 0.3 is 0 Å². The molecule has 112 valence electrons. The maximum absolute atomic E-state index is 13.9. The van der Waals surface area contributed by atoms with Gasteiger partial charge in [0.1, 0.15) is 5.82 Å². The minimum absolute atomic E-state index is 0.0371. The van der Waals surface area contributed by atoms with Gasteiger partial charge < -0.3 is 10.1 Å². The Morgan fingerprint density at radius 1 is 1.35 bits per heavy atom. The molecule has 1 atom stereocenters. The molecule has 0 amide bonds. The van der Waals surface area contributed by atoms with Gasteiger partial charge in [0.15, 0.2) is 0 Å². The smallest absolute Gasteiger partial charge is 0.126 e.